The van der Waals surface area contributed by atoms with Gasteiger partial charge in [-0.1, -0.05) is 43.7 Å². The summed E-state index contributed by atoms with van der Waals surface area (Å²) >= 11 is -0.0485. The molecule has 104 valence electrons. The van der Waals surface area contributed by atoms with Crippen molar-refractivity contribution < 1.29 is 17.9 Å². The van der Waals surface area contributed by atoms with Crippen molar-refractivity contribution >= 4 is 17.5 Å². The van der Waals surface area contributed by atoms with E-state index in [4.69, 9.17) is 4.74 Å². The van der Waals surface area contributed by atoms with Gasteiger partial charge in [-0.15, -0.1) is 0 Å². The molecular weight excluding hydrogens is 273 g/mol. The summed E-state index contributed by atoms with van der Waals surface area (Å²) in [4.78, 5) is 0.289. The Kier molecular flexibility index (Phi) is 4.45. The minimum absolute atomic E-state index is 0.0485. The first-order chi connectivity index (χ1) is 8.99. The Hall–Kier alpha value is -1.10. The van der Waals surface area contributed by atoms with E-state index in [0.717, 1.165) is 12.8 Å². The van der Waals surface area contributed by atoms with E-state index in [0.29, 0.717) is 17.7 Å². The first kappa shape index (κ1) is 14.3. The molecule has 1 unspecified atom stereocenters. The smallest absolute Gasteiger partial charge is 0.446 e. The summed E-state index contributed by atoms with van der Waals surface area (Å²) in [5.41, 5.74) is -3.55. The Morgan fingerprint density at radius 2 is 1.95 bits per heavy atom. The van der Waals surface area contributed by atoms with Crippen molar-refractivity contribution in [1.82, 2.24) is 0 Å². The van der Waals surface area contributed by atoms with Gasteiger partial charge >= 0.3 is 5.51 Å². The van der Waals surface area contributed by atoms with E-state index in [1.54, 1.807) is 24.3 Å². The topological polar surface area (TPSA) is 9.23 Å². The van der Waals surface area contributed by atoms with Gasteiger partial charge in [0.2, 0.25) is 0 Å². The third-order valence-corrected chi connectivity index (χ3v) is 3.67. The Labute approximate surface area is 114 Å². The highest BCUT2D eigenvalue weighted by molar-refractivity contribution is 8.04. The highest BCUT2D eigenvalue weighted by Gasteiger charge is 2.36. The van der Waals surface area contributed by atoms with Gasteiger partial charge in [0.15, 0.2) is 0 Å². The van der Waals surface area contributed by atoms with Crippen molar-refractivity contribution in [3.63, 3.8) is 0 Å². The fourth-order valence-electron chi connectivity index (χ4n) is 2.10. The van der Waals surface area contributed by atoms with Gasteiger partial charge in [-0.3, -0.25) is 0 Å². The minimum atomic E-state index is -4.26. The Balaban J connectivity index is 2.25. The maximum Gasteiger partial charge on any atom is 0.446 e. The number of ether oxygens (including phenoxy) is 1. The summed E-state index contributed by atoms with van der Waals surface area (Å²) in [6.45, 7) is 2.00. The van der Waals surface area contributed by atoms with E-state index in [-0.39, 0.29) is 22.8 Å². The molecule has 1 aromatic carbocycles. The van der Waals surface area contributed by atoms with Crippen LogP contribution in [0.4, 0.5) is 13.2 Å². The second-order valence-corrected chi connectivity index (χ2v) is 5.56. The lowest BCUT2D eigenvalue weighted by molar-refractivity contribution is -0.0322. The number of alkyl halides is 3. The molecule has 1 aromatic rings. The molecule has 1 atom stereocenters. The molecule has 0 saturated heterocycles. The van der Waals surface area contributed by atoms with E-state index in [1.165, 1.54) is 0 Å². The molecule has 1 heterocycles. The van der Waals surface area contributed by atoms with E-state index in [9.17, 15) is 13.2 Å². The number of thioether (sulfide) groups is 1. The Morgan fingerprint density at radius 3 is 2.53 bits per heavy atom. The fourth-order valence-corrected chi connectivity index (χ4v) is 2.91. The van der Waals surface area contributed by atoms with Crippen LogP contribution in [0.3, 0.4) is 0 Å². The van der Waals surface area contributed by atoms with Crippen LogP contribution in [0.1, 0.15) is 31.7 Å². The summed E-state index contributed by atoms with van der Waals surface area (Å²) < 4.78 is 43.5. The van der Waals surface area contributed by atoms with Gasteiger partial charge in [-0.2, -0.15) is 13.2 Å². The SMILES string of the molecule is CCCC1CC(SC(F)(F)F)=C(c2ccccc2)O1. The zero-order valence-corrected chi connectivity index (χ0v) is 11.4. The van der Waals surface area contributed by atoms with Crippen LogP contribution in [0.2, 0.25) is 0 Å². The zero-order chi connectivity index (χ0) is 13.9. The molecule has 0 spiro atoms. The van der Waals surface area contributed by atoms with Crippen LogP contribution in [-0.2, 0) is 4.74 Å². The van der Waals surface area contributed by atoms with E-state index >= 15 is 0 Å². The van der Waals surface area contributed by atoms with Crippen molar-refractivity contribution in [2.24, 2.45) is 0 Å². The fraction of sp³-hybridized carbons (Fsp3) is 0.429. The molecule has 0 amide bonds. The largest absolute Gasteiger partial charge is 0.489 e. The number of rotatable bonds is 4. The van der Waals surface area contributed by atoms with Crippen molar-refractivity contribution in [2.75, 3.05) is 0 Å². The van der Waals surface area contributed by atoms with Crippen LogP contribution in [0.15, 0.2) is 35.2 Å². The van der Waals surface area contributed by atoms with Gasteiger partial charge in [-0.25, -0.2) is 0 Å². The third-order valence-electron chi connectivity index (χ3n) is 2.84. The van der Waals surface area contributed by atoms with Crippen LogP contribution >= 0.6 is 11.8 Å². The molecular formula is C14H15F3OS. The second-order valence-electron chi connectivity index (χ2n) is 4.40. The van der Waals surface area contributed by atoms with Crippen LogP contribution in [0.25, 0.3) is 5.76 Å². The molecule has 2 rings (SSSR count). The lowest BCUT2D eigenvalue weighted by Gasteiger charge is -2.11. The molecule has 0 aromatic heterocycles. The average Bonchev–Trinajstić information content (AvgIpc) is 2.71. The molecule has 1 aliphatic rings. The summed E-state index contributed by atoms with van der Waals surface area (Å²) in [5, 5.41) is 0. The van der Waals surface area contributed by atoms with E-state index in [1.807, 2.05) is 13.0 Å². The lowest BCUT2D eigenvalue weighted by atomic mass is 10.1. The van der Waals surface area contributed by atoms with Crippen LogP contribution < -0.4 is 0 Å². The summed E-state index contributed by atoms with van der Waals surface area (Å²) in [5.74, 6) is 0.390. The molecule has 0 radical (unpaired) electrons. The molecule has 5 heteroatoms. The second kappa shape index (κ2) is 5.90. The predicted molar refractivity (Wildman–Crippen MR) is 71.4 cm³/mol. The quantitative estimate of drug-likeness (QED) is 0.753. The summed E-state index contributed by atoms with van der Waals surface area (Å²) in [6, 6.07) is 8.99. The van der Waals surface area contributed by atoms with Gasteiger partial charge < -0.3 is 4.74 Å². The Morgan fingerprint density at radius 1 is 1.26 bits per heavy atom. The van der Waals surface area contributed by atoms with Crippen molar-refractivity contribution in [3.8, 4) is 0 Å². The first-order valence-corrected chi connectivity index (χ1v) is 7.02. The molecule has 0 fully saturated rings. The number of halogens is 3. The first-order valence-electron chi connectivity index (χ1n) is 6.20. The summed E-state index contributed by atoms with van der Waals surface area (Å²) in [6.07, 6.45) is 1.89. The number of benzene rings is 1. The monoisotopic (exact) mass is 288 g/mol. The van der Waals surface area contributed by atoms with Gasteiger partial charge in [0, 0.05) is 16.9 Å². The molecule has 0 bridgehead atoms. The lowest BCUT2D eigenvalue weighted by Crippen LogP contribution is -2.05. The molecule has 1 nitrogen and oxygen atoms in total. The van der Waals surface area contributed by atoms with Gasteiger partial charge in [0.05, 0.1) is 0 Å². The van der Waals surface area contributed by atoms with Crippen LogP contribution in [-0.4, -0.2) is 11.6 Å². The summed E-state index contributed by atoms with van der Waals surface area (Å²) in [7, 11) is 0. The maximum atomic E-state index is 12.6. The normalized spacial score (nSPS) is 19.7. The predicted octanol–water partition coefficient (Wildman–Crippen LogP) is 5.20. The highest BCUT2D eigenvalue weighted by atomic mass is 32.2. The van der Waals surface area contributed by atoms with Crippen LogP contribution in [0, 0.1) is 0 Å². The molecule has 0 saturated carbocycles. The molecule has 19 heavy (non-hydrogen) atoms. The van der Waals surface area contributed by atoms with Crippen molar-refractivity contribution in [2.45, 2.75) is 37.8 Å². The highest BCUT2D eigenvalue weighted by Crippen LogP contribution is 2.46. The number of hydrogen-bond donors (Lipinski definition) is 0. The van der Waals surface area contributed by atoms with Gasteiger partial charge in [0.25, 0.3) is 0 Å². The van der Waals surface area contributed by atoms with E-state index < -0.39 is 5.51 Å². The molecule has 1 aliphatic heterocycles. The van der Waals surface area contributed by atoms with E-state index in [2.05, 4.69) is 0 Å². The molecule has 0 aliphatic carbocycles. The maximum absolute atomic E-state index is 12.6. The zero-order valence-electron chi connectivity index (χ0n) is 10.5. The third kappa shape index (κ3) is 3.93. The Bertz CT molecular complexity index is 454. The molecule has 0 N–H and O–H groups in total. The average molecular weight is 288 g/mol. The van der Waals surface area contributed by atoms with Crippen molar-refractivity contribution in [1.29, 1.82) is 0 Å². The van der Waals surface area contributed by atoms with Crippen molar-refractivity contribution in [3.05, 3.63) is 40.8 Å². The van der Waals surface area contributed by atoms with Gasteiger partial charge in [-0.05, 0) is 18.2 Å². The standard InChI is InChI=1S/C14H15F3OS/c1-2-6-11-9-12(19-14(15,16)17)13(18-11)10-7-4-3-5-8-10/h3-5,7-8,11H,2,6,9H2,1H3. The van der Waals surface area contributed by atoms with Crippen LogP contribution in [0.5, 0.6) is 0 Å². The minimum Gasteiger partial charge on any atom is -0.489 e. The van der Waals surface area contributed by atoms with Gasteiger partial charge in [0.1, 0.15) is 11.9 Å². The number of hydrogen-bond acceptors (Lipinski definition) is 2.